The summed E-state index contributed by atoms with van der Waals surface area (Å²) in [5.74, 6) is -4.38. The molecule has 604 valence electrons. The Morgan fingerprint density at radius 3 is 0.983 bits per heavy atom. The number of nitrogens with zero attached hydrogens (tertiary/aromatic N) is 27. The molecule has 0 spiro atoms. The van der Waals surface area contributed by atoms with Crippen molar-refractivity contribution in [1.82, 2.24) is 114 Å². The number of nitrogen functional groups attached to an aromatic ring is 4. The number of rotatable bonds is 14. The molecule has 18 heterocycles. The van der Waals surface area contributed by atoms with Crippen LogP contribution in [0.1, 0.15) is 54.3 Å². The van der Waals surface area contributed by atoms with Crippen LogP contribution in [-0.4, -0.2) is 295 Å². The number of fused-ring (bicyclic) bond motifs is 4. The number of piperazine rings is 4. The van der Waals surface area contributed by atoms with Gasteiger partial charge in [-0.15, -0.1) is 20.4 Å². The van der Waals surface area contributed by atoms with Crippen molar-refractivity contribution in [2.45, 2.75) is 24.9 Å². The first kappa shape index (κ1) is 77.9. The van der Waals surface area contributed by atoms with Gasteiger partial charge in [-0.3, -0.25) is 34.0 Å². The number of aromatic nitrogens is 19. The summed E-state index contributed by atoms with van der Waals surface area (Å²) >= 11 is 0. The van der Waals surface area contributed by atoms with E-state index >= 15 is 0 Å². The van der Waals surface area contributed by atoms with E-state index < -0.39 is 46.9 Å². The van der Waals surface area contributed by atoms with Crippen molar-refractivity contribution < 1.29 is 46.2 Å². The van der Waals surface area contributed by atoms with Gasteiger partial charge in [0.1, 0.15) is 22.3 Å². The lowest BCUT2D eigenvalue weighted by molar-refractivity contribution is -0.0660. The Bertz CT molecular complexity index is 5390. The first-order valence-corrected chi connectivity index (χ1v) is 37.0. The largest absolute Gasteiger partial charge is 0.381 e. The molecule has 18 rings (SSSR count). The van der Waals surface area contributed by atoms with Crippen LogP contribution < -0.4 is 63.8 Å². The number of likely N-dealkylation sites (N-methyl/N-ethyl adjacent to an activating group) is 2. The van der Waals surface area contributed by atoms with Crippen molar-refractivity contribution in [2.75, 3.05) is 209 Å². The number of anilines is 12. The molecule has 6 aliphatic heterocycles. The highest BCUT2D eigenvalue weighted by atomic mass is 19.1. The number of carbonyl (C=O) groups excluding carboxylic acids is 4. The number of amides is 4. The van der Waals surface area contributed by atoms with Crippen LogP contribution in [0.15, 0.2) is 105 Å². The summed E-state index contributed by atoms with van der Waals surface area (Å²) in [5, 5.41) is 50.8. The van der Waals surface area contributed by atoms with Crippen LogP contribution in [0.2, 0.25) is 0 Å². The van der Waals surface area contributed by atoms with E-state index in [4.69, 9.17) is 32.4 Å². The number of nitrogens with two attached hydrogens (primary N) is 4. The van der Waals surface area contributed by atoms with Crippen LogP contribution in [-0.2, 0) is 9.47 Å². The van der Waals surface area contributed by atoms with Crippen LogP contribution in [0.4, 0.5) is 86.3 Å². The quantitative estimate of drug-likeness (QED) is 0.0721. The Hall–Kier alpha value is -13.4. The Balaban J connectivity index is 0.000000122. The summed E-state index contributed by atoms with van der Waals surface area (Å²) in [4.78, 5) is 89.6. The zero-order valence-electron chi connectivity index (χ0n) is 62.9. The number of carbonyl (C=O) groups is 4. The summed E-state index contributed by atoms with van der Waals surface area (Å²) in [6, 6.07) is 2.93. The molecule has 0 bridgehead atoms. The molecule has 12 N–H and O–H groups in total. The molecule has 12 aromatic heterocycles. The fourth-order valence-electron chi connectivity index (χ4n) is 14.3. The molecular weight excluding hydrogens is 1520 g/mol. The lowest BCUT2D eigenvalue weighted by Gasteiger charge is -2.43. The maximum Gasteiger partial charge on any atom is 0.263 e. The summed E-state index contributed by atoms with van der Waals surface area (Å²) in [6.45, 7) is 17.1. The lowest BCUT2D eigenvalue weighted by Crippen LogP contribution is -2.56. The Labute approximate surface area is 656 Å². The third-order valence-corrected chi connectivity index (χ3v) is 20.5. The fraction of sp³-hybridized carbons (Fsp3) is 0.366. The van der Waals surface area contributed by atoms with Crippen molar-refractivity contribution in [3.05, 3.63) is 151 Å². The van der Waals surface area contributed by atoms with E-state index in [9.17, 15) is 36.7 Å². The highest BCUT2D eigenvalue weighted by Crippen LogP contribution is 2.33. The molecular formula is C71H81F4N35O6. The Morgan fingerprint density at radius 2 is 0.664 bits per heavy atom. The fourth-order valence-corrected chi connectivity index (χ4v) is 14.3. The average molecular weight is 1600 g/mol. The van der Waals surface area contributed by atoms with Crippen LogP contribution >= 0.6 is 0 Å². The predicted octanol–water partition coefficient (Wildman–Crippen LogP) is 1.90. The molecule has 12 aromatic rings. The van der Waals surface area contributed by atoms with Crippen molar-refractivity contribution in [1.29, 1.82) is 0 Å². The van der Waals surface area contributed by atoms with Gasteiger partial charge in [-0.2, -0.15) is 30.6 Å². The second-order valence-electron chi connectivity index (χ2n) is 27.9. The molecule has 0 atom stereocenters. The molecule has 116 heavy (non-hydrogen) atoms. The van der Waals surface area contributed by atoms with E-state index in [0.717, 1.165) is 234 Å². The van der Waals surface area contributed by atoms with E-state index in [0.29, 0.717) is 34.8 Å². The van der Waals surface area contributed by atoms with Gasteiger partial charge in [0, 0.05) is 130 Å². The second kappa shape index (κ2) is 34.5. The van der Waals surface area contributed by atoms with Crippen LogP contribution in [0, 0.1) is 23.3 Å². The summed E-state index contributed by atoms with van der Waals surface area (Å²) in [6.07, 6.45) is 23.3. The molecule has 0 radical (unpaired) electrons. The number of hydrogen-bond acceptors (Lipinski definition) is 33. The van der Waals surface area contributed by atoms with Crippen molar-refractivity contribution >= 4 is 115 Å². The third kappa shape index (κ3) is 17.3. The van der Waals surface area contributed by atoms with Gasteiger partial charge in [0.25, 0.3) is 23.6 Å². The smallest absolute Gasteiger partial charge is 0.263 e. The topological polar surface area (TPSA) is 476 Å². The van der Waals surface area contributed by atoms with Gasteiger partial charge in [-0.05, 0) is 33.0 Å². The minimum absolute atomic E-state index is 0.0179. The predicted molar refractivity (Wildman–Crippen MR) is 417 cm³/mol. The van der Waals surface area contributed by atoms with Crippen molar-refractivity contribution in [3.8, 4) is 0 Å². The monoisotopic (exact) mass is 1600 g/mol. The lowest BCUT2D eigenvalue weighted by atomic mass is 10.1. The van der Waals surface area contributed by atoms with Gasteiger partial charge in [0.2, 0.25) is 0 Å². The van der Waals surface area contributed by atoms with E-state index in [1.54, 1.807) is 31.0 Å². The van der Waals surface area contributed by atoms with Crippen LogP contribution in [0.25, 0.3) is 22.6 Å². The highest BCUT2D eigenvalue weighted by Gasteiger charge is 2.33. The minimum Gasteiger partial charge on any atom is -0.381 e. The van der Waals surface area contributed by atoms with Crippen LogP contribution in [0.3, 0.4) is 0 Å². The first-order chi connectivity index (χ1) is 56.2. The van der Waals surface area contributed by atoms with Crippen molar-refractivity contribution in [3.63, 3.8) is 0 Å². The van der Waals surface area contributed by atoms with E-state index in [-0.39, 0.29) is 68.1 Å². The molecule has 0 aliphatic carbocycles. The number of ether oxygens (including phenoxy) is 2. The standard InChI is InChI=1S/C20H24FN9O2.C18H20FN9O2.C17H19FN8O.C16H18FN9O/c21-13-9-23-19-17(18(22)27-30(19)12-13)20(31)26-15-10-24-25-11-16(15)29-5-3-28(4-6-29)14-1-7-32-8-2-14;19-11-5-21-17-15(16(20)25-28(17)8-11)18(29)24-13-6-22-23-7-14(13)27-3-1-26(2-4-27)12-9-30-10-12;1-24-4-6-25(7-5-24)13-2-3-20-9-12(13)22-17(27)14-15(19)23-26-10-11(18)8-21-16(14)26;1-24-2-4-25(5-3-24)12-8-21-20-7-11(12)22-16(27)13-14(18)23-26-9-10(17)6-19-15(13)26/h9-12,14H,1-8H2,(H2,22,27)(H,25,26,31);5-8,12H,1-4,9-10H2,(H2,20,25)(H,23,24,29);2-3,8-10H,4-7H2,1H3,(H2,19,23)(H,22,27);6-9H,2-5H2,1H3,(H2,18,23)(H,21,22,27). The molecule has 0 aromatic carbocycles. The summed E-state index contributed by atoms with van der Waals surface area (Å²) in [5.41, 5.74) is 29.9. The normalized spacial score (nSPS) is 16.7. The van der Waals surface area contributed by atoms with Crippen molar-refractivity contribution in [2.24, 2.45) is 0 Å². The highest BCUT2D eigenvalue weighted by molar-refractivity contribution is 6.15. The van der Waals surface area contributed by atoms with Gasteiger partial charge >= 0.3 is 0 Å². The molecule has 6 aliphatic rings. The molecule has 0 unspecified atom stereocenters. The molecule has 6 saturated heterocycles. The molecule has 0 saturated carbocycles. The SMILES string of the molecule is CN1CCN(c2ccncc2NC(=O)c2c(N)nn3cc(F)cnc23)CC1.CN1CCN(c2cnncc2NC(=O)c2c(N)nn3cc(F)cnc23)CC1.Nc1nn2cc(F)cnc2c1C(=O)Nc1cnncc1N1CCN(C2CCOCC2)CC1.Nc1nn2cc(F)cnc2c1C(=O)Nc1cnncc1N1CCN(C2COC2)CC1. The van der Waals surface area contributed by atoms with Gasteiger partial charge in [-0.1, -0.05) is 0 Å². The van der Waals surface area contributed by atoms with Crippen LogP contribution in [0.5, 0.6) is 0 Å². The van der Waals surface area contributed by atoms with Gasteiger partial charge < -0.3 is 83.1 Å². The maximum atomic E-state index is 13.4. The number of pyridine rings is 1. The van der Waals surface area contributed by atoms with E-state index in [1.807, 2.05) is 6.07 Å². The molecule has 6 fully saturated rings. The van der Waals surface area contributed by atoms with Gasteiger partial charge in [-0.25, -0.2) is 55.6 Å². The zero-order valence-corrected chi connectivity index (χ0v) is 62.9. The Kier molecular flexibility index (Phi) is 23.2. The first-order valence-electron chi connectivity index (χ1n) is 37.0. The van der Waals surface area contributed by atoms with E-state index in [1.165, 1.54) is 18.6 Å². The second-order valence-corrected chi connectivity index (χ2v) is 27.9. The molecule has 4 amide bonds. The number of nitrogens with one attached hydrogen (secondary N) is 4. The zero-order chi connectivity index (χ0) is 80.7. The molecule has 45 heteroatoms. The van der Waals surface area contributed by atoms with Gasteiger partial charge in [0.15, 0.2) is 69.1 Å². The minimum atomic E-state index is -0.579. The maximum absolute atomic E-state index is 13.4. The molecule has 41 nitrogen and oxygen atoms in total. The average Bonchev–Trinajstić information content (AvgIpc) is 1.58. The third-order valence-electron chi connectivity index (χ3n) is 20.5. The van der Waals surface area contributed by atoms with Gasteiger partial charge in [0.05, 0.1) is 158 Å². The summed E-state index contributed by atoms with van der Waals surface area (Å²) < 4.78 is 68.8. The summed E-state index contributed by atoms with van der Waals surface area (Å²) in [7, 11) is 4.14. The Morgan fingerprint density at radius 1 is 0.371 bits per heavy atom. The number of halogens is 4. The van der Waals surface area contributed by atoms with E-state index in [2.05, 4.69) is 150 Å². The number of hydrogen-bond donors (Lipinski definition) is 8.